The Balaban J connectivity index is 2.10. The van der Waals surface area contributed by atoms with E-state index in [2.05, 4.69) is 10.6 Å². The first kappa shape index (κ1) is 30.0. The maximum atomic E-state index is 13.6. The number of unbranched alkanes of at least 4 members (excludes halogenated alkanes) is 1. The lowest BCUT2D eigenvalue weighted by atomic mass is 9.96. The number of nitrogens with two attached hydrogens (primary N) is 2. The zero-order valence-electron chi connectivity index (χ0n) is 21.7. The first-order valence-electron chi connectivity index (χ1n) is 13.0. The van der Waals surface area contributed by atoms with E-state index in [1.54, 1.807) is 12.1 Å². The second kappa shape index (κ2) is 14.5. The number of nitrogens with zero attached hydrogens (tertiary/aromatic N) is 1. The van der Waals surface area contributed by atoms with Gasteiger partial charge >= 0.3 is 5.97 Å². The van der Waals surface area contributed by atoms with Gasteiger partial charge in [-0.25, -0.2) is 4.79 Å². The highest BCUT2D eigenvalue weighted by Crippen LogP contribution is 2.22. The summed E-state index contributed by atoms with van der Waals surface area (Å²) in [5.41, 5.74) is 12.2. The lowest BCUT2D eigenvalue weighted by Crippen LogP contribution is -2.58. The highest BCUT2D eigenvalue weighted by atomic mass is 16.4. The van der Waals surface area contributed by atoms with E-state index in [0.29, 0.717) is 50.8 Å². The Morgan fingerprint density at radius 3 is 2.41 bits per heavy atom. The highest BCUT2D eigenvalue weighted by molar-refractivity contribution is 5.94. The number of amides is 3. The average Bonchev–Trinajstić information content (AvgIpc) is 3.37. The second-order valence-electron chi connectivity index (χ2n) is 9.72. The summed E-state index contributed by atoms with van der Waals surface area (Å²) >= 11 is 0. The summed E-state index contributed by atoms with van der Waals surface area (Å²) < 4.78 is 0. The van der Waals surface area contributed by atoms with Crippen molar-refractivity contribution in [3.05, 3.63) is 29.8 Å². The predicted octanol–water partition coefficient (Wildman–Crippen LogP) is 0.482. The summed E-state index contributed by atoms with van der Waals surface area (Å²) in [4.78, 5) is 52.7. The quantitative estimate of drug-likeness (QED) is 0.191. The van der Waals surface area contributed by atoms with E-state index >= 15 is 0 Å². The number of phenols is 1. The molecule has 0 radical (unpaired) electrons. The minimum atomic E-state index is -1.20. The molecule has 5 unspecified atom stereocenters. The van der Waals surface area contributed by atoms with Crippen LogP contribution < -0.4 is 22.1 Å². The van der Waals surface area contributed by atoms with Crippen LogP contribution in [0.5, 0.6) is 5.75 Å². The fourth-order valence-electron chi connectivity index (χ4n) is 4.40. The van der Waals surface area contributed by atoms with Crippen LogP contribution in [-0.2, 0) is 25.6 Å². The molecule has 0 aromatic heterocycles. The van der Waals surface area contributed by atoms with Crippen LogP contribution >= 0.6 is 0 Å². The van der Waals surface area contributed by atoms with Crippen molar-refractivity contribution in [2.24, 2.45) is 17.4 Å². The van der Waals surface area contributed by atoms with E-state index in [-0.39, 0.29) is 24.0 Å². The lowest BCUT2D eigenvalue weighted by molar-refractivity contribution is -0.145. The Morgan fingerprint density at radius 1 is 1.14 bits per heavy atom. The summed E-state index contributed by atoms with van der Waals surface area (Å²) in [6.45, 7) is 4.61. The number of hydrogen-bond acceptors (Lipinski definition) is 7. The molecule has 0 spiro atoms. The number of aromatic hydroxyl groups is 1. The Hall–Kier alpha value is -3.18. The van der Waals surface area contributed by atoms with E-state index < -0.39 is 42.0 Å². The van der Waals surface area contributed by atoms with E-state index in [4.69, 9.17) is 11.5 Å². The van der Waals surface area contributed by atoms with Gasteiger partial charge in [0.25, 0.3) is 0 Å². The molecule has 1 aliphatic heterocycles. The van der Waals surface area contributed by atoms with Gasteiger partial charge < -0.3 is 37.2 Å². The molecule has 1 aromatic carbocycles. The maximum absolute atomic E-state index is 13.6. The van der Waals surface area contributed by atoms with Crippen LogP contribution in [-0.4, -0.2) is 76.1 Å². The van der Waals surface area contributed by atoms with Crippen molar-refractivity contribution in [2.75, 3.05) is 13.1 Å². The van der Waals surface area contributed by atoms with Crippen molar-refractivity contribution in [2.45, 2.75) is 83.0 Å². The van der Waals surface area contributed by atoms with E-state index in [1.165, 1.54) is 17.0 Å². The highest BCUT2D eigenvalue weighted by Gasteiger charge is 2.40. The minimum Gasteiger partial charge on any atom is -0.508 e. The molecule has 5 atom stereocenters. The topological polar surface area (TPSA) is 188 Å². The molecule has 0 saturated carbocycles. The van der Waals surface area contributed by atoms with Crippen LogP contribution in [0.25, 0.3) is 0 Å². The van der Waals surface area contributed by atoms with Crippen molar-refractivity contribution in [3.63, 3.8) is 0 Å². The van der Waals surface area contributed by atoms with Crippen molar-refractivity contribution < 1.29 is 29.4 Å². The molecule has 11 heteroatoms. The number of aliphatic carboxylic acids is 1. The Labute approximate surface area is 217 Å². The Morgan fingerprint density at radius 2 is 1.81 bits per heavy atom. The third-order valence-corrected chi connectivity index (χ3v) is 6.91. The molecule has 1 aliphatic rings. The summed E-state index contributed by atoms with van der Waals surface area (Å²) in [7, 11) is 0. The first-order valence-corrected chi connectivity index (χ1v) is 13.0. The minimum absolute atomic E-state index is 0.0234. The first-order chi connectivity index (χ1) is 17.6. The summed E-state index contributed by atoms with van der Waals surface area (Å²) in [5.74, 6) is -2.69. The van der Waals surface area contributed by atoms with Crippen LogP contribution in [0, 0.1) is 5.92 Å². The maximum Gasteiger partial charge on any atom is 0.326 e. The molecule has 2 rings (SSSR count). The van der Waals surface area contributed by atoms with Crippen molar-refractivity contribution in [1.82, 2.24) is 15.5 Å². The molecular weight excluding hydrogens is 478 g/mol. The van der Waals surface area contributed by atoms with Crippen molar-refractivity contribution in [1.29, 1.82) is 0 Å². The molecular formula is C26H41N5O6. The largest absolute Gasteiger partial charge is 0.508 e. The molecule has 206 valence electrons. The molecule has 1 aromatic rings. The van der Waals surface area contributed by atoms with Gasteiger partial charge in [-0.2, -0.15) is 0 Å². The van der Waals surface area contributed by atoms with E-state index in [0.717, 1.165) is 6.42 Å². The summed E-state index contributed by atoms with van der Waals surface area (Å²) in [6.07, 6.45) is 3.53. The van der Waals surface area contributed by atoms with Crippen molar-refractivity contribution >= 4 is 23.7 Å². The molecule has 0 aliphatic carbocycles. The molecule has 0 bridgehead atoms. The standard InChI is InChI=1S/C26H41N5O6/c1-3-16(2)22(30-23(33)19(28)7-4-5-13-27)25(35)31-14-6-8-21(31)24(34)29-20(26(36)37)15-17-9-11-18(32)12-10-17/h9-12,16,19-22,32H,3-8,13-15,27-28H2,1-2H3,(H,29,34)(H,30,33)(H,36,37). The van der Waals surface area contributed by atoms with Gasteiger partial charge in [0, 0.05) is 13.0 Å². The number of carboxylic acid groups (broad SMARTS) is 1. The smallest absolute Gasteiger partial charge is 0.326 e. The second-order valence-corrected chi connectivity index (χ2v) is 9.72. The van der Waals surface area contributed by atoms with Crippen LogP contribution in [0.15, 0.2) is 24.3 Å². The lowest BCUT2D eigenvalue weighted by Gasteiger charge is -2.32. The van der Waals surface area contributed by atoms with Gasteiger partial charge in [-0.3, -0.25) is 14.4 Å². The summed E-state index contributed by atoms with van der Waals surface area (Å²) in [6, 6.07) is 2.41. The van der Waals surface area contributed by atoms with Gasteiger partial charge in [0.05, 0.1) is 6.04 Å². The van der Waals surface area contributed by atoms with Crippen LogP contribution in [0.2, 0.25) is 0 Å². The Kier molecular flexibility index (Phi) is 11.8. The summed E-state index contributed by atoms with van der Waals surface area (Å²) in [5, 5.41) is 24.5. The molecule has 1 saturated heterocycles. The molecule has 1 fully saturated rings. The Bertz CT molecular complexity index is 925. The number of hydrogen-bond donors (Lipinski definition) is 6. The number of carbonyl (C=O) groups excluding carboxylic acids is 3. The zero-order valence-corrected chi connectivity index (χ0v) is 21.7. The number of benzene rings is 1. The molecule has 37 heavy (non-hydrogen) atoms. The number of likely N-dealkylation sites (tertiary alicyclic amines) is 1. The van der Waals surface area contributed by atoms with Gasteiger partial charge in [0.15, 0.2) is 0 Å². The third kappa shape index (κ3) is 8.71. The molecule has 11 nitrogen and oxygen atoms in total. The third-order valence-electron chi connectivity index (χ3n) is 6.91. The van der Waals surface area contributed by atoms with Gasteiger partial charge in [0.1, 0.15) is 23.9 Å². The van der Waals surface area contributed by atoms with Gasteiger partial charge in [0.2, 0.25) is 17.7 Å². The van der Waals surface area contributed by atoms with Gasteiger partial charge in [-0.05, 0) is 55.8 Å². The van der Waals surface area contributed by atoms with Crippen LogP contribution in [0.3, 0.4) is 0 Å². The fourth-order valence-corrected chi connectivity index (χ4v) is 4.40. The van der Waals surface area contributed by atoms with Crippen molar-refractivity contribution in [3.8, 4) is 5.75 Å². The number of phenolic OH excluding ortho intramolecular Hbond substituents is 1. The van der Waals surface area contributed by atoms with Gasteiger partial charge in [-0.1, -0.05) is 38.8 Å². The number of carboxylic acids is 1. The predicted molar refractivity (Wildman–Crippen MR) is 138 cm³/mol. The van der Waals surface area contributed by atoms with E-state index in [9.17, 15) is 29.4 Å². The fraction of sp³-hybridized carbons (Fsp3) is 0.615. The molecule has 3 amide bonds. The van der Waals surface area contributed by atoms with Gasteiger partial charge in [-0.15, -0.1) is 0 Å². The SMILES string of the molecule is CCC(C)C(NC(=O)C(N)CCCCN)C(=O)N1CCCC1C(=O)NC(Cc1ccc(O)cc1)C(=O)O. The monoisotopic (exact) mass is 519 g/mol. The van der Waals surface area contributed by atoms with Crippen LogP contribution in [0.1, 0.15) is 57.9 Å². The normalized spacial score (nSPS) is 18.5. The number of carbonyl (C=O) groups is 4. The zero-order chi connectivity index (χ0) is 27.5. The number of nitrogens with one attached hydrogen (secondary N) is 2. The average molecular weight is 520 g/mol. The van der Waals surface area contributed by atoms with E-state index in [1.807, 2.05) is 13.8 Å². The number of rotatable bonds is 14. The molecule has 8 N–H and O–H groups in total. The van der Waals surface area contributed by atoms with Crippen LogP contribution in [0.4, 0.5) is 0 Å². The molecule has 1 heterocycles.